The summed E-state index contributed by atoms with van der Waals surface area (Å²) in [5, 5.41) is 0. The van der Waals surface area contributed by atoms with Crippen LogP contribution in [0.15, 0.2) is 114 Å². The van der Waals surface area contributed by atoms with E-state index in [1.807, 2.05) is 110 Å². The average molecular weight is 476 g/mol. The lowest BCUT2D eigenvalue weighted by molar-refractivity contribution is -0.129. The average Bonchev–Trinajstić information content (AvgIpc) is 3.28. The Labute approximate surface area is 210 Å². The third-order valence-corrected chi connectivity index (χ3v) is 5.76. The predicted octanol–water partition coefficient (Wildman–Crippen LogP) is 6.50. The van der Waals surface area contributed by atoms with E-state index in [2.05, 4.69) is 4.99 Å². The van der Waals surface area contributed by atoms with Crippen molar-refractivity contribution in [3.63, 3.8) is 0 Å². The molecular weight excluding hydrogens is 450 g/mol. The Kier molecular flexibility index (Phi) is 6.90. The number of benzene rings is 4. The lowest BCUT2D eigenvalue weighted by atomic mass is 10.1. The van der Waals surface area contributed by atoms with E-state index in [-0.39, 0.29) is 5.70 Å². The molecule has 0 spiro atoms. The normalized spacial score (nSPS) is 13.9. The summed E-state index contributed by atoms with van der Waals surface area (Å²) >= 11 is 0. The van der Waals surface area contributed by atoms with Gasteiger partial charge in [0.05, 0.1) is 0 Å². The maximum absolute atomic E-state index is 12.6. The lowest BCUT2D eigenvalue weighted by Gasteiger charge is -2.13. The van der Waals surface area contributed by atoms with Gasteiger partial charge in [-0.25, -0.2) is 9.79 Å². The van der Waals surface area contributed by atoms with Gasteiger partial charge in [-0.15, -0.1) is 0 Å². The van der Waals surface area contributed by atoms with Crippen LogP contribution in [0.5, 0.6) is 11.5 Å². The van der Waals surface area contributed by atoms with Gasteiger partial charge in [-0.2, -0.15) is 0 Å². The van der Waals surface area contributed by atoms with Gasteiger partial charge in [-0.3, -0.25) is 0 Å². The van der Waals surface area contributed by atoms with Gasteiger partial charge in [0, 0.05) is 17.2 Å². The van der Waals surface area contributed by atoms with Crippen LogP contribution in [0.25, 0.3) is 6.08 Å². The van der Waals surface area contributed by atoms with Gasteiger partial charge in [-0.05, 0) is 47.9 Å². The van der Waals surface area contributed by atoms with Gasteiger partial charge in [0.25, 0.3) is 0 Å². The Morgan fingerprint density at radius 1 is 0.778 bits per heavy atom. The Hall–Kier alpha value is -4.64. The molecule has 0 amide bonds. The topological polar surface area (TPSA) is 57.1 Å². The summed E-state index contributed by atoms with van der Waals surface area (Å²) in [6.45, 7) is 2.77. The number of aliphatic imine (C=N–C) groups is 1. The van der Waals surface area contributed by atoms with Crippen LogP contribution >= 0.6 is 0 Å². The van der Waals surface area contributed by atoms with Crippen molar-refractivity contribution in [2.24, 2.45) is 4.99 Å². The van der Waals surface area contributed by atoms with E-state index in [1.165, 1.54) is 0 Å². The van der Waals surface area contributed by atoms with Crippen molar-refractivity contribution in [3.05, 3.63) is 137 Å². The molecule has 5 nitrogen and oxygen atoms in total. The van der Waals surface area contributed by atoms with E-state index in [9.17, 15) is 4.79 Å². The third-order valence-electron chi connectivity index (χ3n) is 5.76. The van der Waals surface area contributed by atoms with E-state index in [0.29, 0.717) is 36.2 Å². The molecular formula is C31H25NO4. The fourth-order valence-electron chi connectivity index (χ4n) is 3.81. The highest BCUT2D eigenvalue weighted by Gasteiger charge is 2.25. The maximum atomic E-state index is 12.6. The minimum atomic E-state index is -0.494. The van der Waals surface area contributed by atoms with E-state index in [4.69, 9.17) is 14.2 Å². The minimum Gasteiger partial charge on any atom is -0.489 e. The molecule has 0 bridgehead atoms. The Morgan fingerprint density at radius 3 is 2.11 bits per heavy atom. The van der Waals surface area contributed by atoms with Gasteiger partial charge in [0.15, 0.2) is 5.70 Å². The van der Waals surface area contributed by atoms with Crippen LogP contribution in [0, 0.1) is 6.92 Å². The number of nitrogens with zero attached hydrogens (tertiary/aromatic N) is 1. The molecule has 36 heavy (non-hydrogen) atoms. The highest BCUT2D eigenvalue weighted by Crippen LogP contribution is 2.30. The zero-order valence-electron chi connectivity index (χ0n) is 19.9. The molecule has 0 aliphatic carbocycles. The highest BCUT2D eigenvalue weighted by molar-refractivity contribution is 6.13. The van der Waals surface area contributed by atoms with Crippen LogP contribution in [0.2, 0.25) is 0 Å². The van der Waals surface area contributed by atoms with Gasteiger partial charge >= 0.3 is 5.97 Å². The smallest absolute Gasteiger partial charge is 0.363 e. The van der Waals surface area contributed by atoms with E-state index < -0.39 is 5.97 Å². The maximum Gasteiger partial charge on any atom is 0.363 e. The predicted molar refractivity (Wildman–Crippen MR) is 140 cm³/mol. The van der Waals surface area contributed by atoms with Crippen LogP contribution < -0.4 is 9.47 Å². The van der Waals surface area contributed by atoms with E-state index in [1.54, 1.807) is 6.08 Å². The molecule has 5 heteroatoms. The molecule has 0 atom stereocenters. The molecule has 1 heterocycles. The first-order valence-corrected chi connectivity index (χ1v) is 11.7. The van der Waals surface area contributed by atoms with Crippen LogP contribution in [-0.2, 0) is 22.7 Å². The van der Waals surface area contributed by atoms with Crippen molar-refractivity contribution < 1.29 is 19.0 Å². The monoisotopic (exact) mass is 475 g/mol. The first-order chi connectivity index (χ1) is 17.7. The summed E-state index contributed by atoms with van der Waals surface area (Å²) in [4.78, 5) is 17.1. The van der Waals surface area contributed by atoms with Crippen LogP contribution in [0.1, 0.15) is 27.8 Å². The van der Waals surface area contributed by atoms with Gasteiger partial charge < -0.3 is 14.2 Å². The number of cyclic esters (lactones) is 1. The number of ether oxygens (including phenoxy) is 3. The number of hydrogen-bond donors (Lipinski definition) is 0. The highest BCUT2D eigenvalue weighted by atomic mass is 16.6. The van der Waals surface area contributed by atoms with E-state index >= 15 is 0 Å². The van der Waals surface area contributed by atoms with Crippen LogP contribution in [-0.4, -0.2) is 11.9 Å². The van der Waals surface area contributed by atoms with Crippen molar-refractivity contribution >= 4 is 17.9 Å². The molecule has 1 aliphatic heterocycles. The lowest BCUT2D eigenvalue weighted by Crippen LogP contribution is -2.06. The number of aryl methyl sites for hydroxylation is 1. The summed E-state index contributed by atoms with van der Waals surface area (Å²) in [5.74, 6) is 1.07. The fraction of sp³-hybridized carbons (Fsp3) is 0.0968. The molecule has 0 saturated heterocycles. The Balaban J connectivity index is 1.43. The molecule has 0 unspecified atom stereocenters. The third kappa shape index (κ3) is 5.53. The van der Waals surface area contributed by atoms with Gasteiger partial charge in [-0.1, -0.05) is 78.9 Å². The summed E-state index contributed by atoms with van der Waals surface area (Å²) < 4.78 is 17.6. The van der Waals surface area contributed by atoms with Crippen molar-refractivity contribution in [2.75, 3.05) is 0 Å². The standard InChI is InChI=1S/C31H25NO4/c1-22-10-8-9-15-27(22)30-32-28(31(33)36-30)18-25-16-17-26(34-20-23-11-4-2-5-12-23)19-29(25)35-21-24-13-6-3-7-14-24/h2-19H,20-21H2,1H3/b28-18-. The summed E-state index contributed by atoms with van der Waals surface area (Å²) in [5.41, 5.74) is 4.81. The number of rotatable bonds is 8. The zero-order chi connectivity index (χ0) is 24.7. The molecule has 0 aromatic heterocycles. The quantitative estimate of drug-likeness (QED) is 0.216. The minimum absolute atomic E-state index is 0.218. The molecule has 0 radical (unpaired) electrons. The first-order valence-electron chi connectivity index (χ1n) is 11.7. The number of hydrogen-bond acceptors (Lipinski definition) is 5. The van der Waals surface area contributed by atoms with Crippen LogP contribution in [0.4, 0.5) is 0 Å². The van der Waals surface area contributed by atoms with Crippen molar-refractivity contribution in [3.8, 4) is 11.5 Å². The Morgan fingerprint density at radius 2 is 1.42 bits per heavy atom. The van der Waals surface area contributed by atoms with Crippen molar-refractivity contribution in [2.45, 2.75) is 20.1 Å². The summed E-state index contributed by atoms with van der Waals surface area (Å²) in [7, 11) is 0. The molecule has 4 aromatic carbocycles. The summed E-state index contributed by atoms with van der Waals surface area (Å²) in [6, 6.07) is 33.1. The summed E-state index contributed by atoms with van der Waals surface area (Å²) in [6.07, 6.45) is 1.69. The molecule has 5 rings (SSSR count). The zero-order valence-corrected chi connectivity index (χ0v) is 19.9. The molecule has 0 fully saturated rings. The number of carbonyl (C=O) groups is 1. The molecule has 0 N–H and O–H groups in total. The second kappa shape index (κ2) is 10.7. The fourth-order valence-corrected chi connectivity index (χ4v) is 3.81. The van der Waals surface area contributed by atoms with Crippen LogP contribution in [0.3, 0.4) is 0 Å². The molecule has 0 saturated carbocycles. The first kappa shape index (κ1) is 23.1. The number of carbonyl (C=O) groups excluding carboxylic acids is 1. The Bertz CT molecular complexity index is 1430. The van der Waals surface area contributed by atoms with Gasteiger partial charge in [0.2, 0.25) is 5.90 Å². The van der Waals surface area contributed by atoms with Gasteiger partial charge in [0.1, 0.15) is 24.7 Å². The van der Waals surface area contributed by atoms with Crippen molar-refractivity contribution in [1.82, 2.24) is 0 Å². The second-order valence-electron chi connectivity index (χ2n) is 8.40. The van der Waals surface area contributed by atoms with E-state index in [0.717, 1.165) is 22.3 Å². The van der Waals surface area contributed by atoms with Crippen molar-refractivity contribution in [1.29, 1.82) is 0 Å². The molecule has 4 aromatic rings. The number of esters is 1. The molecule has 1 aliphatic rings. The molecule has 178 valence electrons. The SMILES string of the molecule is Cc1ccccc1C1=N/C(=C\c2ccc(OCc3ccccc3)cc2OCc2ccccc2)C(=O)O1. The largest absolute Gasteiger partial charge is 0.489 e. The second-order valence-corrected chi connectivity index (χ2v) is 8.40.